The highest BCUT2D eigenvalue weighted by molar-refractivity contribution is 7.92. The third-order valence-corrected chi connectivity index (χ3v) is 5.65. The van der Waals surface area contributed by atoms with Crippen LogP contribution in [0.5, 0.6) is 5.75 Å². The SMILES string of the molecule is O=C(O)COc1cccc2c1CCC=C2CCNS(=O)(=O)C=Cc1ccccc1. The summed E-state index contributed by atoms with van der Waals surface area (Å²) >= 11 is 0. The van der Waals surface area contributed by atoms with Gasteiger partial charge in [-0.25, -0.2) is 17.9 Å². The molecule has 0 amide bonds. The number of sulfonamides is 1. The van der Waals surface area contributed by atoms with Crippen molar-refractivity contribution in [1.82, 2.24) is 4.72 Å². The average Bonchev–Trinajstić information content (AvgIpc) is 2.71. The Kier molecular flexibility index (Phi) is 6.85. The summed E-state index contributed by atoms with van der Waals surface area (Å²) in [5.74, 6) is -0.450. The van der Waals surface area contributed by atoms with Gasteiger partial charge in [0.25, 0.3) is 0 Å². The number of nitrogens with one attached hydrogen (secondary N) is 1. The second-order valence-corrected chi connectivity index (χ2v) is 8.29. The van der Waals surface area contributed by atoms with Gasteiger partial charge in [0.05, 0.1) is 0 Å². The molecule has 0 atom stereocenters. The Labute approximate surface area is 170 Å². The molecule has 7 heteroatoms. The van der Waals surface area contributed by atoms with Gasteiger partial charge in [-0.1, -0.05) is 48.5 Å². The van der Waals surface area contributed by atoms with Crippen molar-refractivity contribution in [1.29, 1.82) is 0 Å². The summed E-state index contributed by atoms with van der Waals surface area (Å²) < 4.78 is 32.4. The largest absolute Gasteiger partial charge is 0.482 e. The lowest BCUT2D eigenvalue weighted by Gasteiger charge is -2.20. The summed E-state index contributed by atoms with van der Waals surface area (Å²) in [6.45, 7) is -0.115. The fraction of sp³-hybridized carbons (Fsp3) is 0.227. The van der Waals surface area contributed by atoms with Gasteiger partial charge in [-0.05, 0) is 48.1 Å². The van der Waals surface area contributed by atoms with E-state index in [1.807, 2.05) is 42.5 Å². The van der Waals surface area contributed by atoms with E-state index >= 15 is 0 Å². The van der Waals surface area contributed by atoms with E-state index in [-0.39, 0.29) is 13.2 Å². The number of carboxylic acids is 1. The van der Waals surface area contributed by atoms with Crippen LogP contribution < -0.4 is 9.46 Å². The third kappa shape index (κ3) is 6.04. The maximum absolute atomic E-state index is 12.2. The van der Waals surface area contributed by atoms with Crippen LogP contribution in [-0.4, -0.2) is 32.6 Å². The van der Waals surface area contributed by atoms with Crippen LogP contribution in [0, 0.1) is 0 Å². The van der Waals surface area contributed by atoms with Gasteiger partial charge in [0, 0.05) is 17.5 Å². The Bertz CT molecular complexity index is 1030. The fourth-order valence-electron chi connectivity index (χ4n) is 3.24. The van der Waals surface area contributed by atoms with Crippen LogP contribution in [0.1, 0.15) is 29.5 Å². The predicted octanol–water partition coefficient (Wildman–Crippen LogP) is 3.46. The minimum absolute atomic E-state index is 0.271. The smallest absolute Gasteiger partial charge is 0.341 e. The minimum atomic E-state index is -3.53. The van der Waals surface area contributed by atoms with Crippen molar-refractivity contribution in [3.63, 3.8) is 0 Å². The van der Waals surface area contributed by atoms with Crippen LogP contribution >= 0.6 is 0 Å². The standard InChI is InChI=1S/C22H23NO5S/c24-22(25)16-28-21-11-5-9-19-18(8-4-10-20(19)21)12-14-23-29(26,27)15-13-17-6-2-1-3-7-17/h1-3,5-9,11,13,15,23H,4,10,12,14,16H2,(H,24,25). The number of allylic oxidation sites excluding steroid dienone is 1. The highest BCUT2D eigenvalue weighted by Gasteiger charge is 2.17. The van der Waals surface area contributed by atoms with Gasteiger partial charge in [0.1, 0.15) is 5.75 Å². The molecule has 1 aliphatic carbocycles. The number of hydrogen-bond acceptors (Lipinski definition) is 4. The van der Waals surface area contributed by atoms with E-state index < -0.39 is 16.0 Å². The van der Waals surface area contributed by atoms with E-state index in [1.165, 1.54) is 5.41 Å². The van der Waals surface area contributed by atoms with Crippen molar-refractivity contribution in [2.75, 3.05) is 13.2 Å². The number of rotatable bonds is 9. The molecule has 0 radical (unpaired) electrons. The van der Waals surface area contributed by atoms with Crippen molar-refractivity contribution < 1.29 is 23.1 Å². The number of benzene rings is 2. The number of carbonyl (C=O) groups is 1. The molecule has 0 spiro atoms. The molecule has 3 rings (SSSR count). The number of aliphatic carboxylic acids is 1. The van der Waals surface area contributed by atoms with Crippen LogP contribution in [-0.2, 0) is 21.2 Å². The van der Waals surface area contributed by atoms with E-state index in [2.05, 4.69) is 10.8 Å². The molecule has 0 aliphatic heterocycles. The lowest BCUT2D eigenvalue weighted by molar-refractivity contribution is -0.139. The molecule has 0 heterocycles. The molecular weight excluding hydrogens is 390 g/mol. The van der Waals surface area contributed by atoms with Gasteiger partial charge >= 0.3 is 5.97 Å². The molecule has 152 valence electrons. The molecule has 2 N–H and O–H groups in total. The number of fused-ring (bicyclic) bond motifs is 1. The molecule has 29 heavy (non-hydrogen) atoms. The van der Waals surface area contributed by atoms with Crippen LogP contribution in [0.4, 0.5) is 0 Å². The topological polar surface area (TPSA) is 92.7 Å². The van der Waals surface area contributed by atoms with E-state index in [0.29, 0.717) is 12.2 Å². The highest BCUT2D eigenvalue weighted by Crippen LogP contribution is 2.34. The normalized spacial score (nSPS) is 13.7. The first kappa shape index (κ1) is 20.8. The van der Waals surface area contributed by atoms with Crippen LogP contribution in [0.15, 0.2) is 60.0 Å². The summed E-state index contributed by atoms with van der Waals surface area (Å²) in [6, 6.07) is 14.8. The van der Waals surface area contributed by atoms with Crippen molar-refractivity contribution in [3.8, 4) is 5.75 Å². The molecule has 0 bridgehead atoms. The van der Waals surface area contributed by atoms with Gasteiger partial charge in [-0.15, -0.1) is 0 Å². The number of hydrogen-bond donors (Lipinski definition) is 2. The predicted molar refractivity (Wildman–Crippen MR) is 113 cm³/mol. The first-order valence-corrected chi connectivity index (χ1v) is 10.9. The van der Waals surface area contributed by atoms with Crippen LogP contribution in [0.3, 0.4) is 0 Å². The molecule has 6 nitrogen and oxygen atoms in total. The van der Waals surface area contributed by atoms with Gasteiger partial charge < -0.3 is 9.84 Å². The van der Waals surface area contributed by atoms with Crippen molar-refractivity contribution in [2.24, 2.45) is 0 Å². The van der Waals surface area contributed by atoms with Crippen LogP contribution in [0.2, 0.25) is 0 Å². The van der Waals surface area contributed by atoms with Gasteiger partial charge in [0.2, 0.25) is 10.0 Å². The first-order chi connectivity index (χ1) is 13.9. The second kappa shape index (κ2) is 9.54. The Hall–Kier alpha value is -2.90. The molecular formula is C22H23NO5S. The summed E-state index contributed by atoms with van der Waals surface area (Å²) in [5, 5.41) is 10.0. The highest BCUT2D eigenvalue weighted by atomic mass is 32.2. The van der Waals surface area contributed by atoms with Crippen molar-refractivity contribution in [3.05, 3.63) is 76.7 Å². The van der Waals surface area contributed by atoms with Gasteiger partial charge in [0.15, 0.2) is 6.61 Å². The van der Waals surface area contributed by atoms with E-state index in [9.17, 15) is 13.2 Å². The fourth-order valence-corrected chi connectivity index (χ4v) is 4.06. The zero-order chi connectivity index (χ0) is 20.7. The molecule has 0 unspecified atom stereocenters. The Morgan fingerprint density at radius 1 is 1.14 bits per heavy atom. The molecule has 0 fully saturated rings. The molecule has 0 saturated carbocycles. The lowest BCUT2D eigenvalue weighted by Crippen LogP contribution is -2.23. The van der Waals surface area contributed by atoms with E-state index in [4.69, 9.17) is 9.84 Å². The van der Waals surface area contributed by atoms with Crippen molar-refractivity contribution in [2.45, 2.75) is 19.3 Å². The molecule has 0 saturated heterocycles. The summed E-state index contributed by atoms with van der Waals surface area (Å²) in [7, 11) is -3.53. The maximum atomic E-state index is 12.2. The van der Waals surface area contributed by atoms with E-state index in [1.54, 1.807) is 12.1 Å². The zero-order valence-electron chi connectivity index (χ0n) is 15.9. The Morgan fingerprint density at radius 2 is 1.93 bits per heavy atom. The van der Waals surface area contributed by atoms with E-state index in [0.717, 1.165) is 35.1 Å². The van der Waals surface area contributed by atoms with Gasteiger partial charge in [-0.3, -0.25) is 0 Å². The van der Waals surface area contributed by atoms with Crippen molar-refractivity contribution >= 4 is 27.6 Å². The average molecular weight is 413 g/mol. The monoisotopic (exact) mass is 413 g/mol. The Balaban J connectivity index is 1.62. The Morgan fingerprint density at radius 3 is 2.69 bits per heavy atom. The van der Waals surface area contributed by atoms with Gasteiger partial charge in [-0.2, -0.15) is 0 Å². The quantitative estimate of drug-likeness (QED) is 0.657. The molecule has 1 aliphatic rings. The summed E-state index contributed by atoms with van der Waals surface area (Å²) in [5.41, 5.74) is 3.80. The molecule has 2 aromatic carbocycles. The summed E-state index contributed by atoms with van der Waals surface area (Å²) in [4.78, 5) is 10.8. The zero-order valence-corrected chi connectivity index (χ0v) is 16.7. The first-order valence-electron chi connectivity index (χ1n) is 9.33. The maximum Gasteiger partial charge on any atom is 0.341 e. The van der Waals surface area contributed by atoms with Crippen LogP contribution in [0.25, 0.3) is 11.6 Å². The third-order valence-electron chi connectivity index (χ3n) is 4.55. The lowest BCUT2D eigenvalue weighted by atomic mass is 9.88. The number of carboxylic acid groups (broad SMARTS) is 1. The minimum Gasteiger partial charge on any atom is -0.482 e. The second-order valence-electron chi connectivity index (χ2n) is 6.64. The molecule has 2 aromatic rings. The number of ether oxygens (including phenoxy) is 1. The summed E-state index contributed by atoms with van der Waals surface area (Å²) in [6.07, 6.45) is 5.76. The molecule has 0 aromatic heterocycles.